The molecule has 0 unspecified atom stereocenters. The number of rotatable bonds is 6. The molecule has 0 aliphatic carbocycles. The first-order valence-electron chi connectivity index (χ1n) is 9.53. The zero-order chi connectivity index (χ0) is 20.1. The lowest BCUT2D eigenvalue weighted by atomic mass is 10.0. The second-order valence-corrected chi connectivity index (χ2v) is 6.84. The number of benzene rings is 2. The van der Waals surface area contributed by atoms with Crippen molar-refractivity contribution in [3.05, 3.63) is 88.1 Å². The van der Waals surface area contributed by atoms with Crippen LogP contribution in [0.4, 0.5) is 0 Å². The molecule has 144 valence electrons. The van der Waals surface area contributed by atoms with E-state index in [0.717, 1.165) is 23.1 Å². The number of carbonyl (C=O) groups excluding carboxylic acids is 2. The summed E-state index contributed by atoms with van der Waals surface area (Å²) in [4.78, 5) is 27.4. The molecule has 2 aromatic carbocycles. The summed E-state index contributed by atoms with van der Waals surface area (Å²) in [6.07, 6.45) is 2.50. The van der Waals surface area contributed by atoms with E-state index in [-0.39, 0.29) is 12.5 Å². The van der Waals surface area contributed by atoms with Gasteiger partial charge in [-0.15, -0.1) is 0 Å². The molecule has 0 atom stereocenters. The highest BCUT2D eigenvalue weighted by Gasteiger charge is 2.36. The van der Waals surface area contributed by atoms with Crippen LogP contribution in [0.3, 0.4) is 0 Å². The van der Waals surface area contributed by atoms with Gasteiger partial charge in [-0.3, -0.25) is 4.79 Å². The summed E-state index contributed by atoms with van der Waals surface area (Å²) >= 11 is 0. The van der Waals surface area contributed by atoms with Gasteiger partial charge in [-0.05, 0) is 44.4 Å². The van der Waals surface area contributed by atoms with Gasteiger partial charge in [-0.25, -0.2) is 4.79 Å². The van der Waals surface area contributed by atoms with E-state index in [1.54, 1.807) is 17.9 Å². The van der Waals surface area contributed by atoms with Gasteiger partial charge in [0.15, 0.2) is 0 Å². The molecule has 0 saturated carbocycles. The Morgan fingerprint density at radius 1 is 1.04 bits per heavy atom. The van der Waals surface area contributed by atoms with Gasteiger partial charge < -0.3 is 9.64 Å². The molecule has 2 aromatic rings. The molecule has 0 fully saturated rings. The Bertz CT molecular complexity index is 924. The second-order valence-electron chi connectivity index (χ2n) is 6.84. The van der Waals surface area contributed by atoms with E-state index in [1.807, 2.05) is 68.4 Å². The van der Waals surface area contributed by atoms with E-state index in [9.17, 15) is 9.59 Å². The number of ether oxygens (including phenoxy) is 1. The van der Waals surface area contributed by atoms with Gasteiger partial charge in [0.1, 0.15) is 0 Å². The van der Waals surface area contributed by atoms with Crippen LogP contribution in [0.25, 0.3) is 6.08 Å². The number of amides is 1. The molecular weight excluding hydrogens is 350 g/mol. The van der Waals surface area contributed by atoms with E-state index in [0.29, 0.717) is 23.4 Å². The minimum Gasteiger partial charge on any atom is -0.462 e. The highest BCUT2D eigenvalue weighted by molar-refractivity contribution is 6.16. The molecule has 1 amide bonds. The lowest BCUT2D eigenvalue weighted by Gasteiger charge is -2.17. The quantitative estimate of drug-likeness (QED) is 0.559. The van der Waals surface area contributed by atoms with Crippen LogP contribution in [0.2, 0.25) is 0 Å². The molecule has 0 N–H and O–H groups in total. The summed E-state index contributed by atoms with van der Waals surface area (Å²) in [6.45, 7) is 6.37. The van der Waals surface area contributed by atoms with Crippen molar-refractivity contribution in [3.63, 3.8) is 0 Å². The fraction of sp³-hybridized carbons (Fsp3) is 0.250. The summed E-state index contributed by atoms with van der Waals surface area (Å²) in [5.74, 6) is -0.606. The molecule has 1 aliphatic rings. The monoisotopic (exact) mass is 375 g/mol. The zero-order valence-electron chi connectivity index (χ0n) is 16.6. The van der Waals surface area contributed by atoms with E-state index in [1.165, 1.54) is 0 Å². The number of carbonyl (C=O) groups is 2. The fourth-order valence-electron chi connectivity index (χ4n) is 3.31. The summed E-state index contributed by atoms with van der Waals surface area (Å²) in [5.41, 5.74) is 4.58. The van der Waals surface area contributed by atoms with E-state index in [4.69, 9.17) is 4.74 Å². The highest BCUT2D eigenvalue weighted by Crippen LogP contribution is 2.32. The van der Waals surface area contributed by atoms with Crippen LogP contribution in [0.1, 0.15) is 30.5 Å². The molecule has 0 radical (unpaired) electrons. The number of esters is 1. The molecule has 4 nitrogen and oxygen atoms in total. The van der Waals surface area contributed by atoms with E-state index in [2.05, 4.69) is 0 Å². The zero-order valence-corrected chi connectivity index (χ0v) is 16.6. The lowest BCUT2D eigenvalue weighted by molar-refractivity contribution is -0.138. The first-order valence-corrected chi connectivity index (χ1v) is 9.53. The van der Waals surface area contributed by atoms with Crippen molar-refractivity contribution in [3.8, 4) is 0 Å². The fourth-order valence-corrected chi connectivity index (χ4v) is 3.31. The van der Waals surface area contributed by atoms with Gasteiger partial charge in [-0.2, -0.15) is 0 Å². The molecule has 28 heavy (non-hydrogen) atoms. The third-order valence-corrected chi connectivity index (χ3v) is 4.85. The molecular formula is C24H25NO3. The normalized spacial score (nSPS) is 15.5. The average molecular weight is 375 g/mol. The summed E-state index contributed by atoms with van der Waals surface area (Å²) in [6, 6.07) is 17.9. The molecule has 0 aromatic heterocycles. The predicted octanol–water partition coefficient (Wildman–Crippen LogP) is 4.30. The first kappa shape index (κ1) is 19.6. The average Bonchev–Trinajstić information content (AvgIpc) is 2.92. The number of nitrogens with zero attached hydrogens (tertiary/aromatic N) is 1. The molecule has 1 heterocycles. The topological polar surface area (TPSA) is 46.6 Å². The van der Waals surface area contributed by atoms with Gasteiger partial charge in [-0.1, -0.05) is 60.2 Å². The van der Waals surface area contributed by atoms with E-state index < -0.39 is 5.97 Å². The number of hydrogen-bond donors (Lipinski definition) is 0. The SMILES string of the molecule is CCOC(=O)C1=C(C)N(CCc2ccccc2)C(=O)/C1=C\c1ccc(C)cc1. The molecule has 1 aliphatic heterocycles. The van der Waals surface area contributed by atoms with Crippen LogP contribution >= 0.6 is 0 Å². The van der Waals surface area contributed by atoms with Crippen LogP contribution in [-0.4, -0.2) is 29.9 Å². The molecule has 4 heteroatoms. The van der Waals surface area contributed by atoms with Crippen molar-refractivity contribution in [2.45, 2.75) is 27.2 Å². The van der Waals surface area contributed by atoms with Crippen molar-refractivity contribution in [2.75, 3.05) is 13.2 Å². The third-order valence-electron chi connectivity index (χ3n) is 4.85. The van der Waals surface area contributed by atoms with Crippen LogP contribution in [0.5, 0.6) is 0 Å². The van der Waals surface area contributed by atoms with Crippen molar-refractivity contribution >= 4 is 18.0 Å². The highest BCUT2D eigenvalue weighted by atomic mass is 16.5. The van der Waals surface area contributed by atoms with Crippen molar-refractivity contribution in [2.24, 2.45) is 0 Å². The van der Waals surface area contributed by atoms with Crippen molar-refractivity contribution in [1.82, 2.24) is 4.90 Å². The predicted molar refractivity (Wildman–Crippen MR) is 110 cm³/mol. The Kier molecular flexibility index (Phi) is 6.09. The Morgan fingerprint density at radius 3 is 2.36 bits per heavy atom. The number of hydrogen-bond acceptors (Lipinski definition) is 3. The Hall–Kier alpha value is -3.14. The maximum Gasteiger partial charge on any atom is 0.340 e. The minimum atomic E-state index is -0.450. The minimum absolute atomic E-state index is 0.156. The number of aryl methyl sites for hydroxylation is 1. The number of allylic oxidation sites excluding steroid dienone is 1. The first-order chi connectivity index (χ1) is 13.5. The van der Waals surface area contributed by atoms with Gasteiger partial charge in [0.25, 0.3) is 5.91 Å². The smallest absolute Gasteiger partial charge is 0.340 e. The molecule has 3 rings (SSSR count). The third kappa shape index (κ3) is 4.22. The maximum atomic E-state index is 13.1. The Balaban J connectivity index is 1.93. The Labute approximate surface area is 166 Å². The summed E-state index contributed by atoms with van der Waals surface area (Å²) in [7, 11) is 0. The standard InChI is InChI=1S/C24H25NO3/c1-4-28-24(27)22-18(3)25(15-14-19-8-6-5-7-9-19)23(26)21(22)16-20-12-10-17(2)11-13-20/h5-13,16H,4,14-15H2,1-3H3/b21-16-. The molecule has 0 spiro atoms. The molecule has 0 bridgehead atoms. The summed E-state index contributed by atoms with van der Waals surface area (Å²) < 4.78 is 5.23. The van der Waals surface area contributed by atoms with Crippen LogP contribution in [0, 0.1) is 6.92 Å². The van der Waals surface area contributed by atoms with Crippen LogP contribution < -0.4 is 0 Å². The van der Waals surface area contributed by atoms with Gasteiger partial charge in [0.2, 0.25) is 0 Å². The van der Waals surface area contributed by atoms with Gasteiger partial charge in [0.05, 0.1) is 17.8 Å². The van der Waals surface area contributed by atoms with Crippen LogP contribution in [-0.2, 0) is 20.7 Å². The Morgan fingerprint density at radius 2 is 1.71 bits per heavy atom. The maximum absolute atomic E-state index is 13.1. The molecule has 0 saturated heterocycles. The van der Waals surface area contributed by atoms with Gasteiger partial charge in [0, 0.05) is 12.2 Å². The van der Waals surface area contributed by atoms with Crippen molar-refractivity contribution in [1.29, 1.82) is 0 Å². The lowest BCUT2D eigenvalue weighted by Crippen LogP contribution is -2.27. The summed E-state index contributed by atoms with van der Waals surface area (Å²) in [5, 5.41) is 0. The van der Waals surface area contributed by atoms with Gasteiger partial charge >= 0.3 is 5.97 Å². The van der Waals surface area contributed by atoms with E-state index >= 15 is 0 Å². The largest absolute Gasteiger partial charge is 0.462 e. The second kappa shape index (κ2) is 8.70. The van der Waals surface area contributed by atoms with Crippen LogP contribution in [0.15, 0.2) is 71.4 Å². The van der Waals surface area contributed by atoms with Crippen molar-refractivity contribution < 1.29 is 14.3 Å².